The van der Waals surface area contributed by atoms with Crippen molar-refractivity contribution in [3.8, 4) is 0 Å². The van der Waals surface area contributed by atoms with E-state index in [4.69, 9.17) is 19.5 Å². The molecule has 0 N–H and O–H groups in total. The molecule has 8 nitrogen and oxygen atoms in total. The van der Waals surface area contributed by atoms with Gasteiger partial charge in [0.05, 0.1) is 13.2 Å². The van der Waals surface area contributed by atoms with E-state index in [-0.39, 0.29) is 35.7 Å². The lowest BCUT2D eigenvalue weighted by atomic mass is 9.81. The number of benzene rings is 3. The summed E-state index contributed by atoms with van der Waals surface area (Å²) >= 11 is 0. The number of nitrogens with zero attached hydrogens (tertiary/aromatic N) is 4. The van der Waals surface area contributed by atoms with Crippen LogP contribution in [0.1, 0.15) is 77.5 Å². The summed E-state index contributed by atoms with van der Waals surface area (Å²) in [5.74, 6) is 1.42. The van der Waals surface area contributed by atoms with Crippen molar-refractivity contribution in [2.24, 2.45) is 21.8 Å². The number of rotatable bonds is 14. The van der Waals surface area contributed by atoms with Gasteiger partial charge in [-0.3, -0.25) is 9.59 Å². The first-order valence-corrected chi connectivity index (χ1v) is 18.3. The molecule has 0 saturated heterocycles. The number of hydrogen-bond donors (Lipinski definition) is 0. The molecule has 4 atom stereocenters. The van der Waals surface area contributed by atoms with Gasteiger partial charge >= 0.3 is 0 Å². The van der Waals surface area contributed by atoms with Crippen LogP contribution in [-0.2, 0) is 38.6 Å². The maximum absolute atomic E-state index is 15.0. The summed E-state index contributed by atoms with van der Waals surface area (Å²) in [6.45, 7) is 14.2. The van der Waals surface area contributed by atoms with Gasteiger partial charge in [0.15, 0.2) is 0 Å². The smallest absolute Gasteiger partial charge is 0.251 e. The second kappa shape index (κ2) is 17.0. The molecule has 0 bridgehead atoms. The lowest BCUT2D eigenvalue weighted by Crippen LogP contribution is -2.61. The molecule has 2 aliphatic heterocycles. The van der Waals surface area contributed by atoms with Crippen LogP contribution in [0.25, 0.3) is 0 Å². The number of carbonyl (C=O) groups excluding carboxylic acids is 2. The van der Waals surface area contributed by atoms with Crippen LogP contribution >= 0.6 is 0 Å². The average molecular weight is 679 g/mol. The summed E-state index contributed by atoms with van der Waals surface area (Å²) in [5.41, 5.74) is 2.05. The third-order valence-corrected chi connectivity index (χ3v) is 9.66. The Kier molecular flexibility index (Phi) is 12.5. The maximum atomic E-state index is 15.0. The van der Waals surface area contributed by atoms with Crippen molar-refractivity contribution in [1.82, 2.24) is 9.80 Å². The molecule has 2 aliphatic rings. The van der Waals surface area contributed by atoms with Gasteiger partial charge < -0.3 is 19.3 Å². The van der Waals surface area contributed by atoms with E-state index in [2.05, 4.69) is 52.0 Å². The standard InChI is InChI=1S/C42H54N4O4/c1-7-49-38-36(30(3)4)45(28-33-21-14-10-15-22-33)40(47)35(43-38)25-18-26-42(27-32-19-12-9-13-20-32)41(48)46(29-34-23-16-11-17-24-34)37(31(5)6)39(44-42)50-8-2/h9-17,19-24,30-31,35-37H,7-8,18,25-29H2,1-6H3/t35-,36+,37+,42-/m1/s1. The van der Waals surface area contributed by atoms with Gasteiger partial charge in [0, 0.05) is 19.5 Å². The number of ether oxygens (including phenoxy) is 2. The molecule has 0 saturated carbocycles. The predicted octanol–water partition coefficient (Wildman–Crippen LogP) is 7.51. The minimum atomic E-state index is -1.10. The molecule has 266 valence electrons. The summed E-state index contributed by atoms with van der Waals surface area (Å²) < 4.78 is 12.4. The second-order valence-electron chi connectivity index (χ2n) is 14.1. The highest BCUT2D eigenvalue weighted by Gasteiger charge is 2.50. The molecule has 0 radical (unpaired) electrons. The highest BCUT2D eigenvalue weighted by Crippen LogP contribution is 2.36. The minimum absolute atomic E-state index is 0.00725. The molecule has 0 unspecified atom stereocenters. The minimum Gasteiger partial charge on any atom is -0.480 e. The Morgan fingerprint density at radius 3 is 1.68 bits per heavy atom. The Morgan fingerprint density at radius 1 is 0.680 bits per heavy atom. The van der Waals surface area contributed by atoms with Gasteiger partial charge in [0.1, 0.15) is 23.7 Å². The fraction of sp³-hybridized carbons (Fsp3) is 0.476. The maximum Gasteiger partial charge on any atom is 0.251 e. The van der Waals surface area contributed by atoms with Crippen molar-refractivity contribution in [3.05, 3.63) is 108 Å². The Morgan fingerprint density at radius 2 is 1.16 bits per heavy atom. The molecule has 2 heterocycles. The first-order chi connectivity index (χ1) is 24.2. The molecular weight excluding hydrogens is 624 g/mol. The molecule has 3 aromatic rings. The van der Waals surface area contributed by atoms with Crippen LogP contribution in [0, 0.1) is 11.8 Å². The lowest BCUT2D eigenvalue weighted by Gasteiger charge is -2.45. The van der Waals surface area contributed by atoms with Crippen molar-refractivity contribution in [2.45, 2.75) is 104 Å². The number of amides is 2. The zero-order valence-corrected chi connectivity index (χ0v) is 30.6. The van der Waals surface area contributed by atoms with Crippen molar-refractivity contribution >= 4 is 23.6 Å². The van der Waals surface area contributed by atoms with Crippen molar-refractivity contribution in [3.63, 3.8) is 0 Å². The van der Waals surface area contributed by atoms with E-state index >= 15 is 4.79 Å². The van der Waals surface area contributed by atoms with E-state index in [0.717, 1.165) is 16.7 Å². The van der Waals surface area contributed by atoms with Crippen LogP contribution < -0.4 is 0 Å². The van der Waals surface area contributed by atoms with E-state index in [0.29, 0.717) is 63.8 Å². The quantitative estimate of drug-likeness (QED) is 0.177. The fourth-order valence-electron chi connectivity index (χ4n) is 7.41. The van der Waals surface area contributed by atoms with Crippen LogP contribution in [0.3, 0.4) is 0 Å². The Hall–Kier alpha value is -4.46. The number of carbonyl (C=O) groups is 2. The molecule has 0 fully saturated rings. The van der Waals surface area contributed by atoms with Crippen LogP contribution in [0.15, 0.2) is 101 Å². The summed E-state index contributed by atoms with van der Waals surface area (Å²) in [4.78, 5) is 43.4. The van der Waals surface area contributed by atoms with Gasteiger partial charge in [-0.05, 0) is 61.6 Å². The van der Waals surface area contributed by atoms with E-state index < -0.39 is 11.6 Å². The van der Waals surface area contributed by atoms with Crippen LogP contribution in [0.2, 0.25) is 0 Å². The summed E-state index contributed by atoms with van der Waals surface area (Å²) in [6.07, 6.45) is 1.92. The topological polar surface area (TPSA) is 83.8 Å². The van der Waals surface area contributed by atoms with Crippen molar-refractivity contribution < 1.29 is 19.1 Å². The second-order valence-corrected chi connectivity index (χ2v) is 14.1. The summed E-state index contributed by atoms with van der Waals surface area (Å²) in [5, 5.41) is 0. The van der Waals surface area contributed by atoms with Crippen LogP contribution in [-0.4, -0.2) is 70.3 Å². The van der Waals surface area contributed by atoms with Crippen LogP contribution in [0.4, 0.5) is 0 Å². The molecule has 2 amide bonds. The average Bonchev–Trinajstić information content (AvgIpc) is 3.10. The Bertz CT molecular complexity index is 1610. The van der Waals surface area contributed by atoms with Gasteiger partial charge in [-0.15, -0.1) is 0 Å². The van der Waals surface area contributed by atoms with E-state index in [1.807, 2.05) is 90.4 Å². The molecular formula is C42H54N4O4. The number of aliphatic imine (C=N–C) groups is 2. The third-order valence-electron chi connectivity index (χ3n) is 9.66. The lowest BCUT2D eigenvalue weighted by molar-refractivity contribution is -0.142. The van der Waals surface area contributed by atoms with E-state index in [9.17, 15) is 4.79 Å². The van der Waals surface area contributed by atoms with Gasteiger partial charge in [-0.1, -0.05) is 119 Å². The fourth-order valence-corrected chi connectivity index (χ4v) is 7.41. The van der Waals surface area contributed by atoms with Crippen LogP contribution in [0.5, 0.6) is 0 Å². The van der Waals surface area contributed by atoms with Gasteiger partial charge in [-0.2, -0.15) is 0 Å². The van der Waals surface area contributed by atoms with E-state index in [1.54, 1.807) is 0 Å². The molecule has 0 aliphatic carbocycles. The Balaban J connectivity index is 1.49. The monoisotopic (exact) mass is 678 g/mol. The largest absolute Gasteiger partial charge is 0.480 e. The molecule has 8 heteroatoms. The Labute approximate surface area is 298 Å². The highest BCUT2D eigenvalue weighted by atomic mass is 16.5. The molecule has 0 spiro atoms. The summed E-state index contributed by atoms with van der Waals surface area (Å²) in [6, 6.07) is 29.1. The zero-order valence-electron chi connectivity index (χ0n) is 30.6. The summed E-state index contributed by atoms with van der Waals surface area (Å²) in [7, 11) is 0. The van der Waals surface area contributed by atoms with Gasteiger partial charge in [0.2, 0.25) is 17.7 Å². The predicted molar refractivity (Wildman–Crippen MR) is 200 cm³/mol. The molecule has 3 aromatic carbocycles. The van der Waals surface area contributed by atoms with E-state index in [1.165, 1.54) is 0 Å². The SMILES string of the molecule is CCOC1=N[C@H](CCC[C@]2(Cc3ccccc3)N=C(OCC)[C@H](C(C)C)N(Cc3ccccc3)C2=O)C(=O)N(Cc2ccccc2)[C@H]1C(C)C. The van der Waals surface area contributed by atoms with Crippen molar-refractivity contribution in [2.75, 3.05) is 13.2 Å². The first kappa shape index (κ1) is 36.8. The first-order valence-electron chi connectivity index (χ1n) is 18.3. The molecule has 0 aromatic heterocycles. The molecule has 5 rings (SSSR count). The van der Waals surface area contributed by atoms with Gasteiger partial charge in [0.25, 0.3) is 5.91 Å². The highest BCUT2D eigenvalue weighted by molar-refractivity contribution is 5.99. The normalized spacial score (nSPS) is 22.5. The van der Waals surface area contributed by atoms with Gasteiger partial charge in [-0.25, -0.2) is 9.98 Å². The zero-order chi connectivity index (χ0) is 35.7. The molecule has 50 heavy (non-hydrogen) atoms. The number of hydrogen-bond acceptors (Lipinski definition) is 6. The van der Waals surface area contributed by atoms with Crippen molar-refractivity contribution in [1.29, 1.82) is 0 Å². The third kappa shape index (κ3) is 8.45.